The van der Waals surface area contributed by atoms with E-state index < -0.39 is 11.9 Å². The minimum Gasteiger partial charge on any atom is -0.496 e. The average Bonchev–Trinajstić information content (AvgIpc) is 2.78. The van der Waals surface area contributed by atoms with Gasteiger partial charge < -0.3 is 23.7 Å². The number of esters is 2. The summed E-state index contributed by atoms with van der Waals surface area (Å²) < 4.78 is 27.3. The summed E-state index contributed by atoms with van der Waals surface area (Å²) in [6, 6.07) is 12.7. The molecule has 0 bridgehead atoms. The fourth-order valence-corrected chi connectivity index (χ4v) is 3.08. The van der Waals surface area contributed by atoms with Crippen LogP contribution in [0.2, 0.25) is 0 Å². The summed E-state index contributed by atoms with van der Waals surface area (Å²) in [6.07, 6.45) is 0. The molecule has 0 amide bonds. The normalized spacial score (nSPS) is 13.9. The SMILES string of the molecule is C=C(C)C(=O)OCC1(COc2ccc(-c3ccc(OC(=O)C(=C)C)cc3OC)cc2)COC1. The van der Waals surface area contributed by atoms with Gasteiger partial charge in [-0.15, -0.1) is 0 Å². The van der Waals surface area contributed by atoms with Crippen molar-refractivity contribution in [3.8, 4) is 28.4 Å². The molecular formula is C26H28O7. The van der Waals surface area contributed by atoms with E-state index in [1.807, 2.05) is 30.3 Å². The van der Waals surface area contributed by atoms with E-state index in [0.717, 1.165) is 11.1 Å². The van der Waals surface area contributed by atoms with Crippen molar-refractivity contribution in [3.05, 3.63) is 66.8 Å². The van der Waals surface area contributed by atoms with Crippen molar-refractivity contribution in [2.24, 2.45) is 5.41 Å². The quantitative estimate of drug-likeness (QED) is 0.301. The Morgan fingerprint density at radius 3 is 2.12 bits per heavy atom. The zero-order valence-electron chi connectivity index (χ0n) is 19.1. The lowest BCUT2D eigenvalue weighted by molar-refractivity contribution is -0.174. The van der Waals surface area contributed by atoms with E-state index in [0.29, 0.717) is 48.2 Å². The van der Waals surface area contributed by atoms with Crippen LogP contribution in [0.5, 0.6) is 17.2 Å². The summed E-state index contributed by atoms with van der Waals surface area (Å²) in [5.74, 6) is 0.724. The number of hydrogen-bond donors (Lipinski definition) is 0. The molecule has 0 saturated carbocycles. The molecule has 0 aliphatic carbocycles. The van der Waals surface area contributed by atoms with Gasteiger partial charge in [0.15, 0.2) is 0 Å². The average molecular weight is 453 g/mol. The van der Waals surface area contributed by atoms with Crippen molar-refractivity contribution < 1.29 is 33.3 Å². The van der Waals surface area contributed by atoms with Gasteiger partial charge in [-0.05, 0) is 43.7 Å². The van der Waals surface area contributed by atoms with Crippen LogP contribution in [0.4, 0.5) is 0 Å². The van der Waals surface area contributed by atoms with Gasteiger partial charge in [0.05, 0.1) is 25.7 Å². The maximum absolute atomic E-state index is 11.8. The maximum atomic E-state index is 11.8. The van der Waals surface area contributed by atoms with Crippen molar-refractivity contribution in [2.45, 2.75) is 13.8 Å². The van der Waals surface area contributed by atoms with Crippen LogP contribution in [0.1, 0.15) is 13.8 Å². The molecule has 1 heterocycles. The molecular weight excluding hydrogens is 424 g/mol. The Morgan fingerprint density at radius 2 is 1.58 bits per heavy atom. The lowest BCUT2D eigenvalue weighted by Crippen LogP contribution is -2.51. The van der Waals surface area contributed by atoms with Crippen LogP contribution in [0, 0.1) is 5.41 Å². The highest BCUT2D eigenvalue weighted by Crippen LogP contribution is 2.35. The molecule has 0 spiro atoms. The molecule has 2 aromatic carbocycles. The fourth-order valence-electron chi connectivity index (χ4n) is 3.08. The number of hydrogen-bond acceptors (Lipinski definition) is 7. The number of rotatable bonds is 10. The molecule has 33 heavy (non-hydrogen) atoms. The minimum absolute atomic E-state index is 0.219. The van der Waals surface area contributed by atoms with E-state index >= 15 is 0 Å². The molecule has 2 aromatic rings. The first-order valence-corrected chi connectivity index (χ1v) is 10.4. The van der Waals surface area contributed by atoms with Crippen LogP contribution in [0.15, 0.2) is 66.8 Å². The molecule has 1 saturated heterocycles. The first-order chi connectivity index (χ1) is 15.7. The molecule has 3 rings (SSSR count). The zero-order chi connectivity index (χ0) is 24.0. The van der Waals surface area contributed by atoms with Crippen molar-refractivity contribution in [1.82, 2.24) is 0 Å². The second-order valence-electron chi connectivity index (χ2n) is 8.19. The molecule has 1 aliphatic rings. The van der Waals surface area contributed by atoms with Gasteiger partial charge in [-0.2, -0.15) is 0 Å². The van der Waals surface area contributed by atoms with E-state index in [2.05, 4.69) is 13.2 Å². The summed E-state index contributed by atoms with van der Waals surface area (Å²) in [5.41, 5.74) is 2.07. The molecule has 7 nitrogen and oxygen atoms in total. The van der Waals surface area contributed by atoms with Crippen molar-refractivity contribution in [3.63, 3.8) is 0 Å². The van der Waals surface area contributed by atoms with Crippen molar-refractivity contribution in [1.29, 1.82) is 0 Å². The number of carbonyl (C=O) groups excluding carboxylic acids is 2. The Balaban J connectivity index is 1.65. The molecule has 0 radical (unpaired) electrons. The van der Waals surface area contributed by atoms with Crippen LogP contribution in [-0.2, 0) is 19.1 Å². The van der Waals surface area contributed by atoms with Crippen LogP contribution < -0.4 is 14.2 Å². The van der Waals surface area contributed by atoms with Gasteiger partial charge in [0.25, 0.3) is 0 Å². The fraction of sp³-hybridized carbons (Fsp3) is 0.308. The summed E-state index contributed by atoms with van der Waals surface area (Å²) in [4.78, 5) is 23.4. The Kier molecular flexibility index (Phi) is 7.55. The lowest BCUT2D eigenvalue weighted by Gasteiger charge is -2.40. The summed E-state index contributed by atoms with van der Waals surface area (Å²) >= 11 is 0. The molecule has 1 fully saturated rings. The van der Waals surface area contributed by atoms with Gasteiger partial charge in [0.1, 0.15) is 30.5 Å². The highest BCUT2D eigenvalue weighted by molar-refractivity contribution is 5.89. The van der Waals surface area contributed by atoms with Crippen molar-refractivity contribution in [2.75, 3.05) is 33.5 Å². The minimum atomic E-state index is -0.490. The molecule has 0 unspecified atom stereocenters. The van der Waals surface area contributed by atoms with E-state index in [9.17, 15) is 9.59 Å². The predicted molar refractivity (Wildman–Crippen MR) is 123 cm³/mol. The number of benzene rings is 2. The number of carbonyl (C=O) groups is 2. The molecule has 0 aromatic heterocycles. The topological polar surface area (TPSA) is 80.3 Å². The van der Waals surface area contributed by atoms with Gasteiger partial charge in [0.2, 0.25) is 0 Å². The van der Waals surface area contributed by atoms with E-state index in [-0.39, 0.29) is 12.0 Å². The Hall–Kier alpha value is -3.58. The smallest absolute Gasteiger partial charge is 0.338 e. The first kappa shape index (κ1) is 24.1. The Bertz CT molecular complexity index is 1050. The monoisotopic (exact) mass is 452 g/mol. The second-order valence-corrected chi connectivity index (χ2v) is 8.19. The van der Waals surface area contributed by atoms with Gasteiger partial charge in [0, 0.05) is 22.8 Å². The molecule has 174 valence electrons. The van der Waals surface area contributed by atoms with Crippen LogP contribution in [0.3, 0.4) is 0 Å². The van der Waals surface area contributed by atoms with Crippen LogP contribution in [-0.4, -0.2) is 45.5 Å². The Labute approximate surface area is 193 Å². The summed E-state index contributed by atoms with van der Waals surface area (Å²) in [7, 11) is 1.56. The lowest BCUT2D eigenvalue weighted by atomic mass is 9.88. The molecule has 0 atom stereocenters. The van der Waals surface area contributed by atoms with Gasteiger partial charge in [-0.3, -0.25) is 0 Å². The van der Waals surface area contributed by atoms with Gasteiger partial charge >= 0.3 is 11.9 Å². The van der Waals surface area contributed by atoms with E-state index in [4.69, 9.17) is 23.7 Å². The third kappa shape index (κ3) is 6.02. The van der Waals surface area contributed by atoms with E-state index in [1.165, 1.54) is 0 Å². The van der Waals surface area contributed by atoms with E-state index in [1.54, 1.807) is 33.1 Å². The zero-order valence-corrected chi connectivity index (χ0v) is 19.1. The second kappa shape index (κ2) is 10.4. The molecule has 1 aliphatic heterocycles. The molecule has 0 N–H and O–H groups in total. The maximum Gasteiger partial charge on any atom is 0.338 e. The third-order valence-electron chi connectivity index (χ3n) is 5.12. The molecule has 7 heteroatoms. The van der Waals surface area contributed by atoms with Gasteiger partial charge in [-0.1, -0.05) is 25.3 Å². The first-order valence-electron chi connectivity index (χ1n) is 10.4. The number of ether oxygens (including phenoxy) is 5. The Morgan fingerprint density at radius 1 is 0.939 bits per heavy atom. The highest BCUT2D eigenvalue weighted by Gasteiger charge is 2.41. The largest absolute Gasteiger partial charge is 0.496 e. The standard InChI is InChI=1S/C26H28O7/c1-17(2)24(27)32-16-26(13-30-14-26)15-31-20-8-6-19(7-9-20)22-11-10-21(12-23(22)29-5)33-25(28)18(3)4/h6-12H,1,3,13-16H2,2,4-5H3. The van der Waals surface area contributed by atoms with Gasteiger partial charge in [-0.25, -0.2) is 9.59 Å². The number of methoxy groups -OCH3 is 1. The van der Waals surface area contributed by atoms with Crippen LogP contribution >= 0.6 is 0 Å². The summed E-state index contributed by atoms with van der Waals surface area (Å²) in [6.45, 7) is 11.9. The summed E-state index contributed by atoms with van der Waals surface area (Å²) in [5, 5.41) is 0. The van der Waals surface area contributed by atoms with Crippen molar-refractivity contribution >= 4 is 11.9 Å². The third-order valence-corrected chi connectivity index (χ3v) is 5.12. The van der Waals surface area contributed by atoms with Crippen LogP contribution in [0.25, 0.3) is 11.1 Å². The predicted octanol–water partition coefficient (Wildman–Crippen LogP) is 4.36. The highest BCUT2D eigenvalue weighted by atomic mass is 16.6.